The quantitative estimate of drug-likeness (QED) is 0.205. The van der Waals surface area contributed by atoms with Crippen LogP contribution in [0.2, 0.25) is 0 Å². The van der Waals surface area contributed by atoms with Gasteiger partial charge in [0.05, 0.1) is 5.41 Å². The molecular formula is C17H24N6. The van der Waals surface area contributed by atoms with E-state index in [9.17, 15) is 0 Å². The third kappa shape index (κ3) is 4.06. The van der Waals surface area contributed by atoms with Crippen molar-refractivity contribution in [2.45, 2.75) is 26.2 Å². The van der Waals surface area contributed by atoms with Crippen LogP contribution in [0.4, 0.5) is 0 Å². The van der Waals surface area contributed by atoms with Crippen LogP contribution < -0.4 is 22.5 Å². The molecule has 0 fully saturated rings. The molecule has 0 saturated heterocycles. The maximum absolute atomic E-state index is 7.94. The highest BCUT2D eigenvalue weighted by atomic mass is 15.2. The van der Waals surface area contributed by atoms with Gasteiger partial charge in [-0.1, -0.05) is 48.1 Å². The molecule has 1 unspecified atom stereocenters. The molecule has 0 bridgehead atoms. The average Bonchev–Trinajstić information content (AvgIpc) is 2.77. The fourth-order valence-corrected chi connectivity index (χ4v) is 2.62. The first-order chi connectivity index (χ1) is 11.0. The monoisotopic (exact) mass is 312 g/mol. The molecule has 2 rings (SSSR count). The van der Waals surface area contributed by atoms with Gasteiger partial charge in [-0.25, -0.2) is 11.7 Å². The zero-order valence-electron chi connectivity index (χ0n) is 13.3. The van der Waals surface area contributed by atoms with Gasteiger partial charge in [-0.2, -0.15) is 0 Å². The third-order valence-corrected chi connectivity index (χ3v) is 4.11. The molecule has 0 aromatic heterocycles. The standard InChI is InChI=1S/C17H24N6/c1-17(16(19)23-21)8-3-6-13(7-9-17)14-5-2-4-12(10-14)11-15(18)22-20/h3,5-10H,2,4,11,20-21H2,1H3,(H2,18,22)(H2,19,23). The van der Waals surface area contributed by atoms with Crippen molar-refractivity contribution >= 4 is 11.7 Å². The van der Waals surface area contributed by atoms with Crippen LogP contribution in [0.1, 0.15) is 26.2 Å². The molecule has 23 heavy (non-hydrogen) atoms. The Bertz CT molecular complexity index is 650. The summed E-state index contributed by atoms with van der Waals surface area (Å²) in [5.74, 6) is 11.2. The Hall–Kier alpha value is -2.44. The molecule has 0 heterocycles. The zero-order chi connectivity index (χ0) is 16.9. The summed E-state index contributed by atoms with van der Waals surface area (Å²) >= 11 is 0. The van der Waals surface area contributed by atoms with E-state index >= 15 is 0 Å². The second-order valence-corrected chi connectivity index (χ2v) is 5.92. The SMILES string of the molecule is CC1(C(=N)NN)C=CC=C(C2=CCCC(CC(=N)NN)=C2)C=C1. The number of hydrazine groups is 2. The first kappa shape index (κ1) is 16.9. The fourth-order valence-electron chi connectivity index (χ4n) is 2.62. The molecule has 0 aromatic carbocycles. The van der Waals surface area contributed by atoms with E-state index in [0.717, 1.165) is 24.0 Å². The summed E-state index contributed by atoms with van der Waals surface area (Å²) in [6, 6.07) is 0. The van der Waals surface area contributed by atoms with Crippen LogP contribution in [0.3, 0.4) is 0 Å². The van der Waals surface area contributed by atoms with Crippen LogP contribution in [-0.2, 0) is 0 Å². The van der Waals surface area contributed by atoms with Crippen molar-refractivity contribution in [2.24, 2.45) is 17.1 Å². The van der Waals surface area contributed by atoms with Crippen LogP contribution in [0.25, 0.3) is 0 Å². The molecular weight excluding hydrogens is 288 g/mol. The van der Waals surface area contributed by atoms with Crippen LogP contribution >= 0.6 is 0 Å². The normalized spacial score (nSPS) is 23.3. The average molecular weight is 312 g/mol. The summed E-state index contributed by atoms with van der Waals surface area (Å²) in [7, 11) is 0. The Morgan fingerprint density at radius 2 is 2.00 bits per heavy atom. The van der Waals surface area contributed by atoms with Gasteiger partial charge < -0.3 is 10.9 Å². The summed E-state index contributed by atoms with van der Waals surface area (Å²) in [4.78, 5) is 0. The highest BCUT2D eigenvalue weighted by Crippen LogP contribution is 2.30. The molecule has 1 atom stereocenters. The molecule has 6 heteroatoms. The summed E-state index contributed by atoms with van der Waals surface area (Å²) in [5, 5.41) is 15.6. The van der Waals surface area contributed by atoms with Crippen molar-refractivity contribution in [3.8, 4) is 0 Å². The Morgan fingerprint density at radius 3 is 2.70 bits per heavy atom. The van der Waals surface area contributed by atoms with Crippen molar-refractivity contribution in [2.75, 3.05) is 0 Å². The zero-order valence-corrected chi connectivity index (χ0v) is 13.3. The Kier molecular flexibility index (Phi) is 5.31. The summed E-state index contributed by atoms with van der Waals surface area (Å²) in [6.45, 7) is 1.93. The van der Waals surface area contributed by atoms with Crippen molar-refractivity contribution in [1.82, 2.24) is 10.9 Å². The van der Waals surface area contributed by atoms with Gasteiger partial charge in [0, 0.05) is 6.42 Å². The third-order valence-electron chi connectivity index (χ3n) is 4.11. The lowest BCUT2D eigenvalue weighted by atomic mass is 9.88. The summed E-state index contributed by atoms with van der Waals surface area (Å²) < 4.78 is 0. The van der Waals surface area contributed by atoms with Gasteiger partial charge in [0.2, 0.25) is 0 Å². The van der Waals surface area contributed by atoms with E-state index in [1.165, 1.54) is 5.57 Å². The van der Waals surface area contributed by atoms with Crippen molar-refractivity contribution in [3.05, 3.63) is 59.3 Å². The number of nitrogens with two attached hydrogens (primary N) is 2. The highest BCUT2D eigenvalue weighted by molar-refractivity contribution is 5.88. The molecule has 8 N–H and O–H groups in total. The van der Waals surface area contributed by atoms with Crippen LogP contribution in [0, 0.1) is 16.2 Å². The maximum Gasteiger partial charge on any atom is 0.121 e. The molecule has 122 valence electrons. The van der Waals surface area contributed by atoms with Crippen molar-refractivity contribution in [3.63, 3.8) is 0 Å². The minimum absolute atomic E-state index is 0.246. The second-order valence-electron chi connectivity index (χ2n) is 5.92. The Labute approximate surface area is 136 Å². The van der Waals surface area contributed by atoms with Crippen LogP contribution in [0.5, 0.6) is 0 Å². The second kappa shape index (κ2) is 7.21. The lowest BCUT2D eigenvalue weighted by Crippen LogP contribution is -2.40. The molecule has 2 aliphatic rings. The number of allylic oxidation sites excluding steroid dienone is 7. The van der Waals surface area contributed by atoms with Crippen LogP contribution in [0.15, 0.2) is 59.3 Å². The van der Waals surface area contributed by atoms with Gasteiger partial charge in [-0.3, -0.25) is 10.8 Å². The van der Waals surface area contributed by atoms with Gasteiger partial charge in [0.25, 0.3) is 0 Å². The fraction of sp³-hybridized carbons (Fsp3) is 0.294. The number of hydrogen-bond donors (Lipinski definition) is 6. The first-order valence-corrected chi connectivity index (χ1v) is 7.57. The highest BCUT2D eigenvalue weighted by Gasteiger charge is 2.24. The predicted molar refractivity (Wildman–Crippen MR) is 94.6 cm³/mol. The molecule has 2 aliphatic carbocycles. The molecule has 0 amide bonds. The van der Waals surface area contributed by atoms with E-state index in [2.05, 4.69) is 23.0 Å². The van der Waals surface area contributed by atoms with Gasteiger partial charge in [-0.15, -0.1) is 0 Å². The number of hydrogen-bond acceptors (Lipinski definition) is 4. The lowest BCUT2D eigenvalue weighted by molar-refractivity contribution is 0.717. The van der Waals surface area contributed by atoms with E-state index in [1.807, 2.05) is 37.3 Å². The van der Waals surface area contributed by atoms with Crippen molar-refractivity contribution in [1.29, 1.82) is 10.8 Å². The number of nitrogens with one attached hydrogen (secondary N) is 4. The largest absolute Gasteiger partial charge is 0.312 e. The van der Waals surface area contributed by atoms with Gasteiger partial charge in [0.1, 0.15) is 11.7 Å². The predicted octanol–water partition coefficient (Wildman–Crippen LogP) is 1.96. The van der Waals surface area contributed by atoms with Gasteiger partial charge >= 0.3 is 0 Å². The molecule has 0 saturated carbocycles. The maximum atomic E-state index is 7.94. The van der Waals surface area contributed by atoms with E-state index in [-0.39, 0.29) is 5.84 Å². The van der Waals surface area contributed by atoms with E-state index in [4.69, 9.17) is 22.5 Å². The minimum Gasteiger partial charge on any atom is -0.312 e. The molecule has 0 aliphatic heterocycles. The first-order valence-electron chi connectivity index (χ1n) is 7.57. The Morgan fingerprint density at radius 1 is 1.22 bits per heavy atom. The van der Waals surface area contributed by atoms with Gasteiger partial charge in [-0.05, 0) is 30.9 Å². The minimum atomic E-state index is -0.541. The lowest BCUT2D eigenvalue weighted by Gasteiger charge is -2.21. The van der Waals surface area contributed by atoms with Crippen LogP contribution in [-0.4, -0.2) is 11.7 Å². The smallest absolute Gasteiger partial charge is 0.121 e. The summed E-state index contributed by atoms with van der Waals surface area (Å²) in [5.41, 5.74) is 7.67. The molecule has 0 aromatic rings. The Balaban J connectivity index is 2.20. The van der Waals surface area contributed by atoms with E-state index in [0.29, 0.717) is 12.3 Å². The van der Waals surface area contributed by atoms with Crippen molar-refractivity contribution < 1.29 is 0 Å². The van der Waals surface area contributed by atoms with E-state index < -0.39 is 5.41 Å². The summed E-state index contributed by atoms with van der Waals surface area (Å²) in [6.07, 6.45) is 16.7. The van der Waals surface area contributed by atoms with E-state index in [1.54, 1.807) is 0 Å². The number of amidine groups is 2. The van der Waals surface area contributed by atoms with Gasteiger partial charge in [0.15, 0.2) is 0 Å². The topological polar surface area (TPSA) is 124 Å². The number of rotatable bonds is 4. The molecule has 0 radical (unpaired) electrons. The molecule has 0 spiro atoms. The molecule has 6 nitrogen and oxygen atoms in total.